The number of aromatic nitrogens is 2. The van der Waals surface area contributed by atoms with Crippen molar-refractivity contribution in [2.24, 2.45) is 0 Å². The average molecular weight is 332 g/mol. The Kier molecular flexibility index (Phi) is 5.62. The topological polar surface area (TPSA) is 73.3 Å². The lowest BCUT2D eigenvalue weighted by molar-refractivity contribution is 0.0787. The van der Waals surface area contributed by atoms with E-state index in [2.05, 4.69) is 4.98 Å². The van der Waals surface area contributed by atoms with Gasteiger partial charge in [-0.25, -0.2) is 9.36 Å². The number of hydrogen-bond donors (Lipinski definition) is 1. The highest BCUT2D eigenvalue weighted by Gasteiger charge is 2.20. The Labute approximate surface area is 141 Å². The van der Waals surface area contributed by atoms with Gasteiger partial charge in [0.15, 0.2) is 0 Å². The molecule has 1 aromatic heterocycles. The fourth-order valence-corrected chi connectivity index (χ4v) is 2.59. The van der Waals surface area contributed by atoms with Gasteiger partial charge in [-0.3, -0.25) is 9.78 Å². The van der Waals surface area contributed by atoms with Crippen molar-refractivity contribution in [2.75, 3.05) is 6.61 Å². The predicted octanol–water partition coefficient (Wildman–Crippen LogP) is 3.06. The van der Waals surface area contributed by atoms with Gasteiger partial charge in [0.05, 0.1) is 5.56 Å². The quantitative estimate of drug-likeness (QED) is 0.882. The Morgan fingerprint density at radius 1 is 1.12 bits per heavy atom. The van der Waals surface area contributed by atoms with Crippen molar-refractivity contribution in [3.63, 3.8) is 0 Å². The van der Waals surface area contributed by atoms with Crippen LogP contribution in [0.5, 0.6) is 11.6 Å². The van der Waals surface area contributed by atoms with E-state index in [-0.39, 0.29) is 18.5 Å². The van der Waals surface area contributed by atoms with Crippen molar-refractivity contribution < 1.29 is 9.47 Å². The molecule has 0 saturated carbocycles. The maximum Gasteiger partial charge on any atom is 0.333 e. The number of hydrogen-bond acceptors (Lipinski definition) is 4. The maximum atomic E-state index is 12.3. The summed E-state index contributed by atoms with van der Waals surface area (Å²) in [6.07, 6.45) is 0. The number of rotatable bonds is 6. The van der Waals surface area contributed by atoms with Crippen LogP contribution in [0.15, 0.2) is 27.8 Å². The summed E-state index contributed by atoms with van der Waals surface area (Å²) in [5.74, 6) is 0.713. The Bertz CT molecular complexity index is 814. The standard InChI is InChI=1S/C18H24N2O4/c1-6-23-10-20-17(15(11(2)3)16(21)19-18(20)22)24-14-8-12(4)7-13(5)9-14/h7-9,11H,6,10H2,1-5H3,(H,19,21,22). The molecule has 0 radical (unpaired) electrons. The lowest BCUT2D eigenvalue weighted by atomic mass is 10.1. The monoisotopic (exact) mass is 332 g/mol. The van der Waals surface area contributed by atoms with Crippen LogP contribution in [0.3, 0.4) is 0 Å². The second kappa shape index (κ2) is 7.49. The number of H-pyrrole nitrogens is 1. The molecule has 0 fully saturated rings. The van der Waals surface area contributed by atoms with E-state index in [1.165, 1.54) is 4.57 Å². The summed E-state index contributed by atoms with van der Waals surface area (Å²) in [7, 11) is 0. The minimum absolute atomic E-state index is 0.0198. The third kappa shape index (κ3) is 3.94. The van der Waals surface area contributed by atoms with Crippen molar-refractivity contribution in [3.05, 3.63) is 55.7 Å². The second-order valence-corrected chi connectivity index (χ2v) is 6.11. The van der Waals surface area contributed by atoms with Crippen LogP contribution in [0.4, 0.5) is 0 Å². The van der Waals surface area contributed by atoms with Crippen LogP contribution in [-0.4, -0.2) is 16.2 Å². The fourth-order valence-electron chi connectivity index (χ4n) is 2.59. The van der Waals surface area contributed by atoms with Gasteiger partial charge in [-0.05, 0) is 49.9 Å². The molecule has 1 N–H and O–H groups in total. The van der Waals surface area contributed by atoms with Gasteiger partial charge in [-0.1, -0.05) is 19.9 Å². The van der Waals surface area contributed by atoms with Gasteiger partial charge < -0.3 is 9.47 Å². The van der Waals surface area contributed by atoms with Crippen molar-refractivity contribution in [1.29, 1.82) is 0 Å². The summed E-state index contributed by atoms with van der Waals surface area (Å²) >= 11 is 0. The van der Waals surface area contributed by atoms with Crippen molar-refractivity contribution in [1.82, 2.24) is 9.55 Å². The molecule has 0 bridgehead atoms. The lowest BCUT2D eigenvalue weighted by Gasteiger charge is -2.18. The molecule has 6 heteroatoms. The number of ether oxygens (including phenoxy) is 2. The molecule has 0 saturated heterocycles. The number of aryl methyl sites for hydroxylation is 2. The van der Waals surface area contributed by atoms with Gasteiger partial charge >= 0.3 is 5.69 Å². The maximum absolute atomic E-state index is 12.3. The summed E-state index contributed by atoms with van der Waals surface area (Å²) in [5, 5.41) is 0. The van der Waals surface area contributed by atoms with E-state index >= 15 is 0 Å². The van der Waals surface area contributed by atoms with Crippen LogP contribution in [0.25, 0.3) is 0 Å². The third-order valence-corrected chi connectivity index (χ3v) is 3.60. The third-order valence-electron chi connectivity index (χ3n) is 3.60. The van der Waals surface area contributed by atoms with Crippen molar-refractivity contribution in [2.45, 2.75) is 47.3 Å². The molecule has 0 amide bonds. The first-order valence-corrected chi connectivity index (χ1v) is 8.04. The van der Waals surface area contributed by atoms with Gasteiger partial charge in [-0.15, -0.1) is 0 Å². The minimum Gasteiger partial charge on any atom is -0.440 e. The summed E-state index contributed by atoms with van der Waals surface area (Å²) < 4.78 is 12.7. The molecule has 2 aromatic rings. The summed E-state index contributed by atoms with van der Waals surface area (Å²) in [6.45, 7) is 10.0. The molecule has 0 aliphatic rings. The number of aromatic amines is 1. The zero-order valence-corrected chi connectivity index (χ0v) is 14.8. The zero-order valence-electron chi connectivity index (χ0n) is 14.8. The molecular weight excluding hydrogens is 308 g/mol. The number of nitrogens with zero attached hydrogens (tertiary/aromatic N) is 1. The molecule has 6 nitrogen and oxygen atoms in total. The molecule has 130 valence electrons. The molecule has 1 heterocycles. The molecule has 0 spiro atoms. The zero-order chi connectivity index (χ0) is 17.9. The van der Waals surface area contributed by atoms with Gasteiger partial charge in [-0.2, -0.15) is 0 Å². The Morgan fingerprint density at radius 2 is 1.75 bits per heavy atom. The highest BCUT2D eigenvalue weighted by Crippen LogP contribution is 2.28. The second-order valence-electron chi connectivity index (χ2n) is 6.11. The number of benzene rings is 1. The Hall–Kier alpha value is -2.34. The Balaban J connectivity index is 2.63. The van der Waals surface area contributed by atoms with Crippen LogP contribution in [0.2, 0.25) is 0 Å². The molecule has 0 aliphatic carbocycles. The molecule has 0 aliphatic heterocycles. The van der Waals surface area contributed by atoms with Gasteiger partial charge in [0.2, 0.25) is 5.88 Å². The predicted molar refractivity (Wildman–Crippen MR) is 93.0 cm³/mol. The van der Waals surface area contributed by atoms with Crippen LogP contribution >= 0.6 is 0 Å². The number of nitrogens with one attached hydrogen (secondary N) is 1. The van der Waals surface area contributed by atoms with E-state index in [4.69, 9.17) is 9.47 Å². The largest absolute Gasteiger partial charge is 0.440 e. The van der Waals surface area contributed by atoms with Crippen LogP contribution in [-0.2, 0) is 11.5 Å². The highest BCUT2D eigenvalue weighted by atomic mass is 16.5. The summed E-state index contributed by atoms with van der Waals surface area (Å²) in [4.78, 5) is 26.8. The molecule has 24 heavy (non-hydrogen) atoms. The van der Waals surface area contributed by atoms with Crippen LogP contribution < -0.4 is 16.0 Å². The van der Waals surface area contributed by atoms with E-state index in [9.17, 15) is 9.59 Å². The highest BCUT2D eigenvalue weighted by molar-refractivity contribution is 5.38. The first-order chi connectivity index (χ1) is 11.3. The van der Waals surface area contributed by atoms with Gasteiger partial charge in [0.1, 0.15) is 12.5 Å². The van der Waals surface area contributed by atoms with Crippen LogP contribution in [0.1, 0.15) is 43.4 Å². The Morgan fingerprint density at radius 3 is 2.29 bits per heavy atom. The van der Waals surface area contributed by atoms with Gasteiger partial charge in [0, 0.05) is 6.61 Å². The van der Waals surface area contributed by atoms with Crippen LogP contribution in [0, 0.1) is 13.8 Å². The van der Waals surface area contributed by atoms with Crippen molar-refractivity contribution >= 4 is 0 Å². The SMILES string of the molecule is CCOCn1c(Oc2cc(C)cc(C)c2)c(C(C)C)c(=O)[nH]c1=O. The summed E-state index contributed by atoms with van der Waals surface area (Å²) in [6, 6.07) is 5.77. The fraction of sp³-hybridized carbons (Fsp3) is 0.444. The van der Waals surface area contributed by atoms with Crippen molar-refractivity contribution in [3.8, 4) is 11.6 Å². The smallest absolute Gasteiger partial charge is 0.333 e. The normalized spacial score (nSPS) is 11.1. The minimum atomic E-state index is -0.544. The van der Waals surface area contributed by atoms with E-state index in [1.807, 2.05) is 52.8 Å². The molecule has 1 aromatic carbocycles. The molecule has 0 unspecified atom stereocenters. The first-order valence-electron chi connectivity index (χ1n) is 8.04. The van der Waals surface area contributed by atoms with E-state index in [1.54, 1.807) is 0 Å². The molecule has 2 rings (SSSR count). The first kappa shape index (κ1) is 18.0. The van der Waals surface area contributed by atoms with Gasteiger partial charge in [0.25, 0.3) is 5.56 Å². The molecule has 0 atom stereocenters. The average Bonchev–Trinajstić information content (AvgIpc) is 2.45. The lowest BCUT2D eigenvalue weighted by Crippen LogP contribution is -2.34. The van der Waals surface area contributed by atoms with E-state index in [0.29, 0.717) is 17.9 Å². The summed E-state index contributed by atoms with van der Waals surface area (Å²) in [5.41, 5.74) is 1.53. The van der Waals surface area contributed by atoms with E-state index in [0.717, 1.165) is 11.1 Å². The molecular formula is C18H24N2O4. The van der Waals surface area contributed by atoms with E-state index < -0.39 is 11.2 Å².